The molecule has 1 saturated carbocycles. The maximum atomic E-state index is 12.0. The van der Waals surface area contributed by atoms with Crippen LogP contribution in [0.3, 0.4) is 0 Å². The van der Waals surface area contributed by atoms with Crippen molar-refractivity contribution in [3.63, 3.8) is 0 Å². The fraction of sp³-hybridized carbons (Fsp3) is 0.909. The summed E-state index contributed by atoms with van der Waals surface area (Å²) in [5.41, 5.74) is 5.70. The summed E-state index contributed by atoms with van der Waals surface area (Å²) in [7, 11) is 0. The van der Waals surface area contributed by atoms with Gasteiger partial charge in [-0.05, 0) is 32.1 Å². The highest BCUT2D eigenvalue weighted by atomic mass is 16.2. The van der Waals surface area contributed by atoms with Crippen LogP contribution in [0, 0.1) is 11.8 Å². The number of nitrogens with zero attached hydrogens (tertiary/aromatic N) is 1. The van der Waals surface area contributed by atoms with Crippen molar-refractivity contribution in [2.45, 2.75) is 45.2 Å². The summed E-state index contributed by atoms with van der Waals surface area (Å²) in [4.78, 5) is 14.1. The second kappa shape index (κ2) is 3.54. The van der Waals surface area contributed by atoms with Gasteiger partial charge in [0.1, 0.15) is 0 Å². The molecule has 1 saturated heterocycles. The molecular formula is C11H20N2O. The molecule has 3 nitrogen and oxygen atoms in total. The topological polar surface area (TPSA) is 46.3 Å². The summed E-state index contributed by atoms with van der Waals surface area (Å²) >= 11 is 0. The second-order valence-electron chi connectivity index (χ2n) is 4.97. The van der Waals surface area contributed by atoms with Crippen LogP contribution in [0.2, 0.25) is 0 Å². The zero-order valence-corrected chi connectivity index (χ0v) is 9.07. The van der Waals surface area contributed by atoms with Gasteiger partial charge in [-0.1, -0.05) is 6.92 Å². The molecule has 1 amide bonds. The quantitative estimate of drug-likeness (QED) is 0.679. The van der Waals surface area contributed by atoms with E-state index in [0.29, 0.717) is 17.9 Å². The van der Waals surface area contributed by atoms with Crippen LogP contribution in [0.5, 0.6) is 0 Å². The van der Waals surface area contributed by atoms with Crippen molar-refractivity contribution >= 4 is 5.91 Å². The number of nitrogens with two attached hydrogens (primary N) is 1. The van der Waals surface area contributed by atoms with E-state index in [0.717, 1.165) is 25.8 Å². The SMILES string of the molecule is CC1CCN(C(=O)C2CC(N)C2)C1C. The predicted octanol–water partition coefficient (Wildman–Crippen LogP) is 0.981. The number of carbonyl (C=O) groups excluding carboxylic acids is 1. The van der Waals surface area contributed by atoms with Gasteiger partial charge in [-0.3, -0.25) is 4.79 Å². The Bertz CT molecular complexity index is 235. The average molecular weight is 196 g/mol. The molecule has 2 fully saturated rings. The van der Waals surface area contributed by atoms with Crippen molar-refractivity contribution in [1.82, 2.24) is 4.90 Å². The zero-order chi connectivity index (χ0) is 10.3. The monoisotopic (exact) mass is 196 g/mol. The molecule has 2 N–H and O–H groups in total. The van der Waals surface area contributed by atoms with Crippen LogP contribution in [0.25, 0.3) is 0 Å². The lowest BCUT2D eigenvalue weighted by atomic mass is 9.80. The molecule has 0 radical (unpaired) electrons. The molecule has 0 aromatic carbocycles. The van der Waals surface area contributed by atoms with E-state index in [1.807, 2.05) is 0 Å². The fourth-order valence-corrected chi connectivity index (χ4v) is 2.50. The van der Waals surface area contributed by atoms with Crippen molar-refractivity contribution in [1.29, 1.82) is 0 Å². The summed E-state index contributed by atoms with van der Waals surface area (Å²) in [5, 5.41) is 0. The van der Waals surface area contributed by atoms with Crippen molar-refractivity contribution in [2.75, 3.05) is 6.54 Å². The third kappa shape index (κ3) is 1.54. The standard InChI is InChI=1S/C11H20N2O/c1-7-3-4-13(8(7)2)11(14)9-5-10(12)6-9/h7-10H,3-6,12H2,1-2H3. The van der Waals surface area contributed by atoms with Gasteiger partial charge in [-0.15, -0.1) is 0 Å². The Kier molecular flexibility index (Phi) is 2.52. The van der Waals surface area contributed by atoms with E-state index in [-0.39, 0.29) is 12.0 Å². The number of hydrogen-bond acceptors (Lipinski definition) is 2. The summed E-state index contributed by atoms with van der Waals surface area (Å²) in [6.45, 7) is 5.34. The Labute approximate surface area is 85.6 Å². The van der Waals surface area contributed by atoms with Crippen LogP contribution in [0.1, 0.15) is 33.1 Å². The molecule has 1 heterocycles. The summed E-state index contributed by atoms with van der Waals surface area (Å²) < 4.78 is 0. The van der Waals surface area contributed by atoms with Gasteiger partial charge < -0.3 is 10.6 Å². The van der Waals surface area contributed by atoms with Gasteiger partial charge in [0.2, 0.25) is 5.91 Å². The molecule has 2 unspecified atom stereocenters. The van der Waals surface area contributed by atoms with E-state index >= 15 is 0 Å². The van der Waals surface area contributed by atoms with Gasteiger partial charge >= 0.3 is 0 Å². The molecule has 2 rings (SSSR count). The van der Waals surface area contributed by atoms with Crippen LogP contribution in [-0.2, 0) is 4.79 Å². The maximum Gasteiger partial charge on any atom is 0.226 e. The van der Waals surface area contributed by atoms with E-state index in [2.05, 4.69) is 18.7 Å². The van der Waals surface area contributed by atoms with Crippen LogP contribution < -0.4 is 5.73 Å². The lowest BCUT2D eigenvalue weighted by Gasteiger charge is -2.36. The van der Waals surface area contributed by atoms with E-state index in [1.54, 1.807) is 0 Å². The van der Waals surface area contributed by atoms with E-state index in [4.69, 9.17) is 5.73 Å². The summed E-state index contributed by atoms with van der Waals surface area (Å²) in [6.07, 6.45) is 2.96. The third-order valence-corrected chi connectivity index (χ3v) is 3.95. The molecule has 1 aliphatic carbocycles. The van der Waals surface area contributed by atoms with Gasteiger partial charge in [0.15, 0.2) is 0 Å². The van der Waals surface area contributed by atoms with Crippen molar-refractivity contribution in [3.05, 3.63) is 0 Å². The summed E-state index contributed by atoms with van der Waals surface area (Å²) in [6, 6.07) is 0.707. The highest BCUT2D eigenvalue weighted by Gasteiger charge is 2.39. The molecule has 0 aromatic heterocycles. The predicted molar refractivity (Wildman–Crippen MR) is 55.7 cm³/mol. The molecule has 1 aliphatic heterocycles. The van der Waals surface area contributed by atoms with Crippen LogP contribution in [0.4, 0.5) is 0 Å². The molecule has 80 valence electrons. The minimum atomic E-state index is 0.234. The first-order chi connectivity index (χ1) is 6.59. The summed E-state index contributed by atoms with van der Waals surface area (Å²) in [5.74, 6) is 1.24. The number of hydrogen-bond donors (Lipinski definition) is 1. The van der Waals surface area contributed by atoms with Crippen LogP contribution >= 0.6 is 0 Å². The van der Waals surface area contributed by atoms with Gasteiger partial charge in [-0.25, -0.2) is 0 Å². The van der Waals surface area contributed by atoms with Gasteiger partial charge in [0.25, 0.3) is 0 Å². The van der Waals surface area contributed by atoms with E-state index in [1.165, 1.54) is 0 Å². The number of amides is 1. The molecule has 14 heavy (non-hydrogen) atoms. The van der Waals surface area contributed by atoms with Crippen molar-refractivity contribution in [3.8, 4) is 0 Å². The first-order valence-corrected chi connectivity index (χ1v) is 5.65. The van der Waals surface area contributed by atoms with Gasteiger partial charge in [0, 0.05) is 24.5 Å². The minimum absolute atomic E-state index is 0.234. The molecule has 0 spiro atoms. The first-order valence-electron chi connectivity index (χ1n) is 5.65. The number of likely N-dealkylation sites (tertiary alicyclic amines) is 1. The lowest BCUT2D eigenvalue weighted by Crippen LogP contribution is -2.48. The Morgan fingerprint density at radius 2 is 2.00 bits per heavy atom. The maximum absolute atomic E-state index is 12.0. The second-order valence-corrected chi connectivity index (χ2v) is 4.97. The van der Waals surface area contributed by atoms with Crippen LogP contribution in [-0.4, -0.2) is 29.4 Å². The highest BCUT2D eigenvalue weighted by molar-refractivity contribution is 5.80. The molecule has 2 atom stereocenters. The molecule has 0 bridgehead atoms. The minimum Gasteiger partial charge on any atom is -0.339 e. The molecule has 0 aromatic rings. The molecular weight excluding hydrogens is 176 g/mol. The zero-order valence-electron chi connectivity index (χ0n) is 9.07. The van der Waals surface area contributed by atoms with E-state index in [9.17, 15) is 4.79 Å². The average Bonchev–Trinajstić information content (AvgIpc) is 2.42. The van der Waals surface area contributed by atoms with Crippen LogP contribution in [0.15, 0.2) is 0 Å². The smallest absolute Gasteiger partial charge is 0.226 e. The number of carbonyl (C=O) groups is 1. The van der Waals surface area contributed by atoms with Crippen molar-refractivity contribution in [2.24, 2.45) is 17.6 Å². The third-order valence-electron chi connectivity index (χ3n) is 3.95. The fourth-order valence-electron chi connectivity index (χ4n) is 2.50. The Balaban J connectivity index is 1.92. The number of rotatable bonds is 1. The van der Waals surface area contributed by atoms with Gasteiger partial charge in [-0.2, -0.15) is 0 Å². The highest BCUT2D eigenvalue weighted by Crippen LogP contribution is 2.32. The van der Waals surface area contributed by atoms with Gasteiger partial charge in [0.05, 0.1) is 0 Å². The lowest BCUT2D eigenvalue weighted by molar-refractivity contribution is -0.139. The van der Waals surface area contributed by atoms with E-state index < -0.39 is 0 Å². The first kappa shape index (κ1) is 9.97. The Hall–Kier alpha value is -0.570. The van der Waals surface area contributed by atoms with Crippen molar-refractivity contribution < 1.29 is 4.79 Å². The Morgan fingerprint density at radius 1 is 1.36 bits per heavy atom. The largest absolute Gasteiger partial charge is 0.339 e. The molecule has 2 aliphatic rings. The Morgan fingerprint density at radius 3 is 2.43 bits per heavy atom. The molecule has 3 heteroatoms. The normalized spacial score (nSPS) is 42.4.